The molecule has 0 fully saturated rings. The van der Waals surface area contributed by atoms with Crippen molar-refractivity contribution in [1.29, 1.82) is 0 Å². The normalized spacial score (nSPS) is 13.1. The van der Waals surface area contributed by atoms with E-state index in [4.69, 9.17) is 11.6 Å². The second kappa shape index (κ2) is 7.03. The van der Waals surface area contributed by atoms with Gasteiger partial charge in [0.25, 0.3) is 0 Å². The second-order valence-corrected chi connectivity index (χ2v) is 6.89. The van der Waals surface area contributed by atoms with E-state index in [0.29, 0.717) is 10.7 Å². The molecule has 0 aliphatic rings. The molecule has 0 spiro atoms. The molecular formula is C13H17Br2Cl. The highest BCUT2D eigenvalue weighted by Crippen LogP contribution is 2.24. The molecule has 0 radical (unpaired) electrons. The Morgan fingerprint density at radius 3 is 2.56 bits per heavy atom. The van der Waals surface area contributed by atoms with E-state index in [9.17, 15) is 0 Å². The van der Waals surface area contributed by atoms with Crippen LogP contribution in [0.1, 0.15) is 32.3 Å². The highest BCUT2D eigenvalue weighted by Gasteiger charge is 2.09. The van der Waals surface area contributed by atoms with E-state index in [-0.39, 0.29) is 0 Å². The first kappa shape index (κ1) is 14.5. The quantitative estimate of drug-likeness (QED) is 0.572. The molecule has 0 heterocycles. The van der Waals surface area contributed by atoms with Crippen LogP contribution in [0.4, 0.5) is 0 Å². The van der Waals surface area contributed by atoms with Gasteiger partial charge in [-0.1, -0.05) is 63.4 Å². The summed E-state index contributed by atoms with van der Waals surface area (Å²) in [5.74, 6) is 0.695. The van der Waals surface area contributed by atoms with Gasteiger partial charge in [0.1, 0.15) is 0 Å². The lowest BCUT2D eigenvalue weighted by Gasteiger charge is -2.13. The van der Waals surface area contributed by atoms with Crippen molar-refractivity contribution in [2.45, 2.75) is 37.9 Å². The van der Waals surface area contributed by atoms with Crippen molar-refractivity contribution in [2.75, 3.05) is 0 Å². The zero-order valence-electron chi connectivity index (χ0n) is 9.64. The zero-order valence-corrected chi connectivity index (χ0v) is 13.6. The van der Waals surface area contributed by atoms with Gasteiger partial charge in [-0.25, -0.2) is 0 Å². The third-order valence-corrected chi connectivity index (χ3v) is 5.02. The van der Waals surface area contributed by atoms with E-state index >= 15 is 0 Å². The van der Waals surface area contributed by atoms with Gasteiger partial charge in [-0.05, 0) is 42.9 Å². The van der Waals surface area contributed by atoms with Crippen molar-refractivity contribution in [1.82, 2.24) is 0 Å². The van der Waals surface area contributed by atoms with E-state index in [1.165, 1.54) is 18.4 Å². The molecule has 16 heavy (non-hydrogen) atoms. The van der Waals surface area contributed by atoms with Gasteiger partial charge in [-0.2, -0.15) is 0 Å². The van der Waals surface area contributed by atoms with Gasteiger partial charge in [0.15, 0.2) is 0 Å². The van der Waals surface area contributed by atoms with E-state index in [1.807, 2.05) is 6.07 Å². The topological polar surface area (TPSA) is 0 Å². The van der Waals surface area contributed by atoms with Gasteiger partial charge in [0, 0.05) is 14.3 Å². The third-order valence-electron chi connectivity index (χ3n) is 2.66. The summed E-state index contributed by atoms with van der Waals surface area (Å²) in [6.45, 7) is 4.48. The van der Waals surface area contributed by atoms with E-state index in [2.05, 4.69) is 57.8 Å². The third kappa shape index (κ3) is 4.77. The summed E-state index contributed by atoms with van der Waals surface area (Å²) < 4.78 is 1.04. The zero-order chi connectivity index (χ0) is 12.1. The maximum atomic E-state index is 6.17. The number of alkyl halides is 1. The summed E-state index contributed by atoms with van der Waals surface area (Å²) >= 11 is 13.3. The first-order valence-corrected chi connectivity index (χ1v) is 7.67. The molecular weight excluding hydrogens is 351 g/mol. The summed E-state index contributed by atoms with van der Waals surface area (Å²) in [7, 11) is 0. The van der Waals surface area contributed by atoms with Gasteiger partial charge in [-0.3, -0.25) is 0 Å². The number of benzene rings is 1. The molecule has 1 aromatic rings. The Kier molecular flexibility index (Phi) is 6.38. The highest BCUT2D eigenvalue weighted by molar-refractivity contribution is 9.10. The van der Waals surface area contributed by atoms with Crippen LogP contribution in [0.25, 0.3) is 0 Å². The molecule has 1 aromatic carbocycles. The average Bonchev–Trinajstić information content (AvgIpc) is 2.20. The monoisotopic (exact) mass is 366 g/mol. The van der Waals surface area contributed by atoms with Crippen molar-refractivity contribution < 1.29 is 0 Å². The molecule has 0 amide bonds. The molecule has 0 aliphatic heterocycles. The second-order valence-electron chi connectivity index (χ2n) is 4.39. The Hall–Kier alpha value is 0.470. The van der Waals surface area contributed by atoms with Gasteiger partial charge in [-0.15, -0.1) is 0 Å². The molecule has 1 rings (SSSR count). The molecule has 0 N–H and O–H groups in total. The smallest absolute Gasteiger partial charge is 0.0449 e. The molecule has 0 aromatic heterocycles. The minimum atomic E-state index is 0.613. The lowest BCUT2D eigenvalue weighted by molar-refractivity contribution is 0.562. The standard InChI is InChI=1S/C13H17Br2Cl/c1-9(2)12(15)5-3-4-10-6-7-11(14)8-13(10)16/h6-9,12H,3-5H2,1-2H3. The van der Waals surface area contributed by atoms with Crippen LogP contribution in [-0.2, 0) is 6.42 Å². The summed E-state index contributed by atoms with van der Waals surface area (Å²) in [6.07, 6.45) is 3.43. The summed E-state index contributed by atoms with van der Waals surface area (Å²) in [5.41, 5.74) is 1.24. The van der Waals surface area contributed by atoms with Gasteiger partial charge in [0.05, 0.1) is 0 Å². The maximum Gasteiger partial charge on any atom is 0.0449 e. The van der Waals surface area contributed by atoms with Gasteiger partial charge in [0.2, 0.25) is 0 Å². The van der Waals surface area contributed by atoms with Crippen LogP contribution in [0.5, 0.6) is 0 Å². The number of halogens is 3. The molecule has 3 heteroatoms. The first-order chi connectivity index (χ1) is 7.50. The molecule has 0 saturated heterocycles. The summed E-state index contributed by atoms with van der Waals surface area (Å²) in [5, 5.41) is 0.866. The first-order valence-electron chi connectivity index (χ1n) is 5.58. The molecule has 0 saturated carbocycles. The van der Waals surface area contributed by atoms with Crippen LogP contribution in [0, 0.1) is 5.92 Å². The Morgan fingerprint density at radius 1 is 1.31 bits per heavy atom. The molecule has 1 atom stereocenters. The summed E-state index contributed by atoms with van der Waals surface area (Å²) in [6, 6.07) is 6.12. The van der Waals surface area contributed by atoms with Crippen LogP contribution in [0.15, 0.2) is 22.7 Å². The largest absolute Gasteiger partial charge is 0.0888 e. The Balaban J connectivity index is 2.43. The Labute approximate surface area is 120 Å². The molecule has 1 unspecified atom stereocenters. The fourth-order valence-corrected chi connectivity index (χ4v) is 2.64. The average molecular weight is 369 g/mol. The summed E-state index contributed by atoms with van der Waals surface area (Å²) in [4.78, 5) is 0.613. The van der Waals surface area contributed by atoms with Crippen LogP contribution in [0.2, 0.25) is 5.02 Å². The van der Waals surface area contributed by atoms with Crippen LogP contribution in [0.3, 0.4) is 0 Å². The predicted molar refractivity (Wildman–Crippen MR) is 79.6 cm³/mol. The van der Waals surface area contributed by atoms with Crippen LogP contribution < -0.4 is 0 Å². The fraction of sp³-hybridized carbons (Fsp3) is 0.538. The highest BCUT2D eigenvalue weighted by atomic mass is 79.9. The Morgan fingerprint density at radius 2 is 2.00 bits per heavy atom. The van der Waals surface area contributed by atoms with Crippen molar-refractivity contribution in [3.63, 3.8) is 0 Å². The van der Waals surface area contributed by atoms with Crippen molar-refractivity contribution in [3.8, 4) is 0 Å². The maximum absolute atomic E-state index is 6.17. The van der Waals surface area contributed by atoms with Crippen molar-refractivity contribution in [2.24, 2.45) is 5.92 Å². The van der Waals surface area contributed by atoms with Crippen molar-refractivity contribution >= 4 is 43.5 Å². The van der Waals surface area contributed by atoms with Crippen LogP contribution in [-0.4, -0.2) is 4.83 Å². The lowest BCUT2D eigenvalue weighted by atomic mass is 10.0. The van der Waals surface area contributed by atoms with Crippen LogP contribution >= 0.6 is 43.5 Å². The number of aryl methyl sites for hydroxylation is 1. The van der Waals surface area contributed by atoms with Gasteiger partial charge >= 0.3 is 0 Å². The number of rotatable bonds is 5. The van der Waals surface area contributed by atoms with E-state index in [1.54, 1.807) is 0 Å². The minimum absolute atomic E-state index is 0.613. The van der Waals surface area contributed by atoms with E-state index in [0.717, 1.165) is 15.9 Å². The number of hydrogen-bond acceptors (Lipinski definition) is 0. The van der Waals surface area contributed by atoms with Gasteiger partial charge < -0.3 is 0 Å². The minimum Gasteiger partial charge on any atom is -0.0888 e. The lowest BCUT2D eigenvalue weighted by Crippen LogP contribution is -2.07. The molecule has 0 bridgehead atoms. The molecule has 0 nitrogen and oxygen atoms in total. The Bertz CT molecular complexity index is 337. The fourth-order valence-electron chi connectivity index (χ4n) is 1.55. The molecule has 0 aliphatic carbocycles. The van der Waals surface area contributed by atoms with E-state index < -0.39 is 0 Å². The predicted octanol–water partition coefficient (Wildman–Crippen LogP) is 5.84. The molecule has 90 valence electrons. The number of hydrogen-bond donors (Lipinski definition) is 0. The van der Waals surface area contributed by atoms with Crippen molar-refractivity contribution in [3.05, 3.63) is 33.3 Å². The SMILES string of the molecule is CC(C)C(Br)CCCc1ccc(Br)cc1Cl.